The molecule has 0 aliphatic carbocycles. The van der Waals surface area contributed by atoms with E-state index in [1.54, 1.807) is 0 Å². The van der Waals surface area contributed by atoms with Gasteiger partial charge < -0.3 is 5.32 Å². The van der Waals surface area contributed by atoms with Gasteiger partial charge >= 0.3 is 0 Å². The van der Waals surface area contributed by atoms with Crippen molar-refractivity contribution in [3.8, 4) is 0 Å². The summed E-state index contributed by atoms with van der Waals surface area (Å²) >= 11 is 3.52. The third-order valence-corrected chi connectivity index (χ3v) is 5.03. The highest BCUT2D eigenvalue weighted by molar-refractivity contribution is 9.10. The smallest absolute Gasteiger partial charge is 0.0345 e. The average molecular weight is 346 g/mol. The molecule has 1 aromatic rings. The summed E-state index contributed by atoms with van der Waals surface area (Å²) in [5.74, 6) is 1.77. The molecule has 1 unspecified atom stereocenters. The second-order valence-electron chi connectivity index (χ2n) is 5.61. The lowest BCUT2D eigenvalue weighted by molar-refractivity contribution is 0.222. The minimum Gasteiger partial charge on any atom is -0.316 e. The molecule has 1 aromatic carbocycles. The Morgan fingerprint density at radius 3 is 2.32 bits per heavy atom. The van der Waals surface area contributed by atoms with Crippen LogP contribution in [0.5, 0.6) is 0 Å². The van der Waals surface area contributed by atoms with E-state index in [4.69, 9.17) is 0 Å². The zero-order valence-corrected chi connectivity index (χ0v) is 13.7. The van der Waals surface area contributed by atoms with E-state index in [9.17, 15) is 0 Å². The van der Waals surface area contributed by atoms with Gasteiger partial charge in [-0.25, -0.2) is 0 Å². The van der Waals surface area contributed by atoms with E-state index in [1.165, 1.54) is 42.6 Å². The zero-order chi connectivity index (χ0) is 12.5. The Kier molecular flexibility index (Phi) is 5.29. The summed E-state index contributed by atoms with van der Waals surface area (Å²) in [6.07, 6.45) is 1.20. The van der Waals surface area contributed by atoms with Crippen LogP contribution in [-0.4, -0.2) is 31.1 Å². The Balaban J connectivity index is 0.00000133. The molecule has 0 aromatic heterocycles. The van der Waals surface area contributed by atoms with Gasteiger partial charge in [0.25, 0.3) is 0 Å². The molecule has 1 N–H and O–H groups in total. The SMILES string of the molecule is CCC(c1ccc(Br)cc1)N1C[C@H]2CNC[C@H]2C1.Cl. The van der Waals surface area contributed by atoms with Crippen LogP contribution in [-0.2, 0) is 0 Å². The first-order valence-corrected chi connectivity index (χ1v) is 7.77. The second kappa shape index (κ2) is 6.57. The van der Waals surface area contributed by atoms with Gasteiger partial charge in [-0.1, -0.05) is 35.0 Å². The van der Waals surface area contributed by atoms with E-state index >= 15 is 0 Å². The van der Waals surface area contributed by atoms with Crippen LogP contribution < -0.4 is 5.32 Å². The van der Waals surface area contributed by atoms with Gasteiger partial charge in [-0.2, -0.15) is 0 Å². The van der Waals surface area contributed by atoms with E-state index in [0.29, 0.717) is 6.04 Å². The van der Waals surface area contributed by atoms with Crippen molar-refractivity contribution in [2.75, 3.05) is 26.2 Å². The van der Waals surface area contributed by atoms with Crippen molar-refractivity contribution in [3.05, 3.63) is 34.3 Å². The van der Waals surface area contributed by atoms with Crippen LogP contribution in [0.4, 0.5) is 0 Å². The van der Waals surface area contributed by atoms with Gasteiger partial charge in [-0.05, 0) is 49.0 Å². The van der Waals surface area contributed by atoms with Gasteiger partial charge in [-0.3, -0.25) is 4.90 Å². The van der Waals surface area contributed by atoms with Crippen molar-refractivity contribution < 1.29 is 0 Å². The van der Waals surface area contributed by atoms with Crippen LogP contribution in [0.1, 0.15) is 24.9 Å². The molecule has 4 heteroatoms. The Morgan fingerprint density at radius 1 is 1.21 bits per heavy atom. The van der Waals surface area contributed by atoms with Gasteiger partial charge in [0.2, 0.25) is 0 Å². The third kappa shape index (κ3) is 3.15. The molecule has 2 aliphatic rings. The standard InChI is InChI=1S/C15H21BrN2.ClH/c1-2-15(11-3-5-14(16)6-4-11)18-9-12-7-17-8-13(12)10-18;/h3-6,12-13,15,17H,2,7-10H2,1H3;1H/t12-,13+,15?;. The number of hydrogen-bond acceptors (Lipinski definition) is 2. The van der Waals surface area contributed by atoms with Crippen LogP contribution in [0, 0.1) is 11.8 Å². The fraction of sp³-hybridized carbons (Fsp3) is 0.600. The molecule has 2 nitrogen and oxygen atoms in total. The van der Waals surface area contributed by atoms with Crippen LogP contribution in [0.15, 0.2) is 28.7 Å². The van der Waals surface area contributed by atoms with Gasteiger partial charge in [0, 0.05) is 23.6 Å². The molecule has 2 saturated heterocycles. The molecule has 19 heavy (non-hydrogen) atoms. The van der Waals surface area contributed by atoms with Crippen LogP contribution >= 0.6 is 28.3 Å². The van der Waals surface area contributed by atoms with Gasteiger partial charge in [-0.15, -0.1) is 12.4 Å². The minimum atomic E-state index is 0. The third-order valence-electron chi connectivity index (χ3n) is 4.50. The molecule has 0 radical (unpaired) electrons. The van der Waals surface area contributed by atoms with Crippen molar-refractivity contribution in [1.29, 1.82) is 0 Å². The molecule has 3 rings (SSSR count). The Morgan fingerprint density at radius 2 is 1.79 bits per heavy atom. The molecule has 106 valence electrons. The monoisotopic (exact) mass is 344 g/mol. The van der Waals surface area contributed by atoms with Gasteiger partial charge in [0.15, 0.2) is 0 Å². The molecule has 0 saturated carbocycles. The fourth-order valence-corrected chi connectivity index (χ4v) is 3.80. The summed E-state index contributed by atoms with van der Waals surface area (Å²) in [4.78, 5) is 2.69. The zero-order valence-electron chi connectivity index (χ0n) is 11.3. The summed E-state index contributed by atoms with van der Waals surface area (Å²) in [7, 11) is 0. The molecular weight excluding hydrogens is 324 g/mol. The van der Waals surface area contributed by atoms with Crippen LogP contribution in [0.2, 0.25) is 0 Å². The molecule has 0 bridgehead atoms. The lowest BCUT2D eigenvalue weighted by atomic mass is 10.0. The fourth-order valence-electron chi connectivity index (χ4n) is 3.54. The maximum atomic E-state index is 3.52. The first kappa shape index (κ1) is 15.3. The highest BCUT2D eigenvalue weighted by Crippen LogP contribution is 2.34. The number of nitrogens with one attached hydrogen (secondary N) is 1. The predicted octanol–water partition coefficient (Wildman–Crippen LogP) is 3.47. The average Bonchev–Trinajstić information content (AvgIpc) is 2.93. The van der Waals surface area contributed by atoms with Crippen molar-refractivity contribution in [3.63, 3.8) is 0 Å². The Bertz CT molecular complexity index is 397. The summed E-state index contributed by atoms with van der Waals surface area (Å²) in [5, 5.41) is 3.52. The van der Waals surface area contributed by atoms with E-state index in [1.807, 2.05) is 0 Å². The number of rotatable bonds is 3. The lowest BCUT2D eigenvalue weighted by Crippen LogP contribution is -2.29. The molecular formula is C15H22BrClN2. The van der Waals surface area contributed by atoms with Crippen molar-refractivity contribution in [2.24, 2.45) is 11.8 Å². The predicted molar refractivity (Wildman–Crippen MR) is 85.8 cm³/mol. The number of fused-ring (bicyclic) bond motifs is 1. The second-order valence-corrected chi connectivity index (χ2v) is 6.52. The molecule has 0 amide bonds. The van der Waals surface area contributed by atoms with Crippen LogP contribution in [0.25, 0.3) is 0 Å². The highest BCUT2D eigenvalue weighted by Gasteiger charge is 2.38. The first-order chi connectivity index (χ1) is 8.78. The quantitative estimate of drug-likeness (QED) is 0.902. The van der Waals surface area contributed by atoms with Crippen LogP contribution in [0.3, 0.4) is 0 Å². The number of likely N-dealkylation sites (tertiary alicyclic amines) is 1. The van der Waals surface area contributed by atoms with Gasteiger partial charge in [0.1, 0.15) is 0 Å². The Hall–Kier alpha value is -0.0900. The maximum Gasteiger partial charge on any atom is 0.0345 e. The lowest BCUT2D eigenvalue weighted by Gasteiger charge is -2.28. The highest BCUT2D eigenvalue weighted by atomic mass is 79.9. The van der Waals surface area contributed by atoms with E-state index in [-0.39, 0.29) is 12.4 Å². The van der Waals surface area contributed by atoms with E-state index in [2.05, 4.69) is 57.3 Å². The molecule has 2 aliphatic heterocycles. The number of halogens is 2. The number of hydrogen-bond donors (Lipinski definition) is 1. The first-order valence-electron chi connectivity index (χ1n) is 6.98. The van der Waals surface area contributed by atoms with Crippen molar-refractivity contribution in [1.82, 2.24) is 10.2 Å². The molecule has 0 spiro atoms. The van der Waals surface area contributed by atoms with Crippen molar-refractivity contribution >= 4 is 28.3 Å². The summed E-state index contributed by atoms with van der Waals surface area (Å²) in [5.41, 5.74) is 1.47. The Labute approximate surface area is 130 Å². The normalized spacial score (nSPS) is 27.9. The maximum absolute atomic E-state index is 3.52. The summed E-state index contributed by atoms with van der Waals surface area (Å²) in [6.45, 7) is 7.29. The number of benzene rings is 1. The molecule has 2 heterocycles. The molecule has 2 fully saturated rings. The van der Waals surface area contributed by atoms with E-state index in [0.717, 1.165) is 11.8 Å². The van der Waals surface area contributed by atoms with Crippen molar-refractivity contribution in [2.45, 2.75) is 19.4 Å². The number of nitrogens with zero attached hydrogens (tertiary/aromatic N) is 1. The minimum absolute atomic E-state index is 0. The molecule has 3 atom stereocenters. The van der Waals surface area contributed by atoms with Gasteiger partial charge in [0.05, 0.1) is 0 Å². The summed E-state index contributed by atoms with van der Waals surface area (Å²) in [6, 6.07) is 9.46. The summed E-state index contributed by atoms with van der Waals surface area (Å²) < 4.78 is 1.17. The topological polar surface area (TPSA) is 15.3 Å². The van der Waals surface area contributed by atoms with E-state index < -0.39 is 0 Å². The largest absolute Gasteiger partial charge is 0.316 e.